The van der Waals surface area contributed by atoms with E-state index in [-0.39, 0.29) is 5.92 Å². The second kappa shape index (κ2) is 3.26. The predicted octanol–water partition coefficient (Wildman–Crippen LogP) is 1.49. The van der Waals surface area contributed by atoms with Gasteiger partial charge in [-0.2, -0.15) is 0 Å². The summed E-state index contributed by atoms with van der Waals surface area (Å²) in [6.45, 7) is 7.29. The van der Waals surface area contributed by atoms with Crippen molar-refractivity contribution < 1.29 is 14.3 Å². The van der Waals surface area contributed by atoms with Crippen LogP contribution in [0.2, 0.25) is 0 Å². The summed E-state index contributed by atoms with van der Waals surface area (Å²) in [5, 5.41) is 2.59. The van der Waals surface area contributed by atoms with Crippen LogP contribution in [0.15, 0.2) is 0 Å². The molecule has 0 aromatic carbocycles. The summed E-state index contributed by atoms with van der Waals surface area (Å²) in [4.78, 5) is 22.1. The largest absolute Gasteiger partial charge is 0.444 e. The van der Waals surface area contributed by atoms with Gasteiger partial charge in [0.05, 0.1) is 0 Å². The van der Waals surface area contributed by atoms with Crippen LogP contribution in [0.25, 0.3) is 0 Å². The molecule has 4 nitrogen and oxygen atoms in total. The van der Waals surface area contributed by atoms with Crippen LogP contribution < -0.4 is 5.32 Å². The molecule has 0 spiro atoms. The van der Waals surface area contributed by atoms with E-state index < -0.39 is 17.2 Å². The van der Waals surface area contributed by atoms with Crippen molar-refractivity contribution in [1.82, 2.24) is 5.32 Å². The molecule has 1 aliphatic rings. The first kappa shape index (κ1) is 11.0. The second-order valence-electron chi connectivity index (χ2n) is 4.89. The number of carbonyl (C=O) groups excluding carboxylic acids is 2. The minimum Gasteiger partial charge on any atom is -0.444 e. The van der Waals surface area contributed by atoms with E-state index in [0.29, 0.717) is 6.42 Å². The van der Waals surface area contributed by atoms with E-state index in [0.717, 1.165) is 6.29 Å². The van der Waals surface area contributed by atoms with Crippen molar-refractivity contribution in [1.29, 1.82) is 0 Å². The van der Waals surface area contributed by atoms with Crippen molar-refractivity contribution in [3.05, 3.63) is 0 Å². The normalized spacial score (nSPS) is 30.7. The van der Waals surface area contributed by atoms with Gasteiger partial charge in [-0.05, 0) is 33.1 Å². The maximum atomic E-state index is 11.3. The summed E-state index contributed by atoms with van der Waals surface area (Å²) in [7, 11) is 0. The van der Waals surface area contributed by atoms with Crippen LogP contribution in [0, 0.1) is 5.92 Å². The van der Waals surface area contributed by atoms with Crippen LogP contribution >= 0.6 is 0 Å². The average Bonchev–Trinajstić information content (AvgIpc) is 2.58. The Labute approximate surface area is 84.0 Å². The summed E-state index contributed by atoms with van der Waals surface area (Å²) in [6, 6.07) is 0. The monoisotopic (exact) mass is 199 g/mol. The summed E-state index contributed by atoms with van der Waals surface area (Å²) in [6.07, 6.45) is 0.978. The molecule has 0 unspecified atom stereocenters. The van der Waals surface area contributed by atoms with Crippen LogP contribution in [0.3, 0.4) is 0 Å². The first-order valence-electron chi connectivity index (χ1n) is 4.76. The number of aldehydes is 1. The van der Waals surface area contributed by atoms with Crippen molar-refractivity contribution in [2.24, 2.45) is 5.92 Å². The second-order valence-corrected chi connectivity index (χ2v) is 4.89. The van der Waals surface area contributed by atoms with Gasteiger partial charge < -0.3 is 14.8 Å². The van der Waals surface area contributed by atoms with Gasteiger partial charge in [-0.3, -0.25) is 0 Å². The molecule has 0 bridgehead atoms. The average molecular weight is 199 g/mol. The molecule has 1 N–H and O–H groups in total. The minimum atomic E-state index is -0.664. The molecule has 1 fully saturated rings. The molecule has 0 aliphatic heterocycles. The van der Waals surface area contributed by atoms with E-state index in [9.17, 15) is 9.59 Å². The molecule has 2 atom stereocenters. The molecule has 0 saturated heterocycles. The minimum absolute atomic E-state index is 0.215. The lowest BCUT2D eigenvalue weighted by Gasteiger charge is -2.21. The summed E-state index contributed by atoms with van der Waals surface area (Å²) in [5.41, 5.74) is -1.19. The van der Waals surface area contributed by atoms with E-state index in [1.165, 1.54) is 0 Å². The molecular formula is C10H17NO3. The Hall–Kier alpha value is -1.06. The fourth-order valence-corrected chi connectivity index (χ4v) is 1.31. The Morgan fingerprint density at radius 2 is 2.07 bits per heavy atom. The van der Waals surface area contributed by atoms with Gasteiger partial charge in [0.1, 0.15) is 17.4 Å². The number of carbonyl (C=O) groups is 2. The van der Waals surface area contributed by atoms with Crippen molar-refractivity contribution >= 4 is 12.4 Å². The molecule has 1 saturated carbocycles. The van der Waals surface area contributed by atoms with Gasteiger partial charge in [0, 0.05) is 0 Å². The van der Waals surface area contributed by atoms with Crippen LogP contribution in [0.4, 0.5) is 4.79 Å². The lowest BCUT2D eigenvalue weighted by atomic mass is 10.2. The number of amides is 1. The number of rotatable bonds is 2. The Bertz CT molecular complexity index is 257. The summed E-state index contributed by atoms with van der Waals surface area (Å²) in [5.74, 6) is 0.215. The quantitative estimate of drug-likeness (QED) is 0.685. The zero-order valence-electron chi connectivity index (χ0n) is 9.09. The van der Waals surface area contributed by atoms with E-state index >= 15 is 0 Å². The summed E-state index contributed by atoms with van der Waals surface area (Å²) < 4.78 is 5.05. The first-order valence-corrected chi connectivity index (χ1v) is 4.76. The highest BCUT2D eigenvalue weighted by Crippen LogP contribution is 2.41. The van der Waals surface area contributed by atoms with Gasteiger partial charge in [-0.25, -0.2) is 4.79 Å². The number of ether oxygens (including phenoxy) is 1. The third-order valence-corrected chi connectivity index (χ3v) is 2.31. The molecular weight excluding hydrogens is 182 g/mol. The lowest BCUT2D eigenvalue weighted by Crippen LogP contribution is -2.42. The maximum absolute atomic E-state index is 11.3. The van der Waals surface area contributed by atoms with Crippen LogP contribution in [-0.4, -0.2) is 23.5 Å². The third kappa shape index (κ3) is 2.47. The van der Waals surface area contributed by atoms with Gasteiger partial charge in [-0.15, -0.1) is 0 Å². The van der Waals surface area contributed by atoms with Crippen molar-refractivity contribution in [2.45, 2.75) is 45.3 Å². The lowest BCUT2D eigenvalue weighted by molar-refractivity contribution is -0.110. The van der Waals surface area contributed by atoms with E-state index in [1.807, 2.05) is 6.92 Å². The zero-order chi connectivity index (χ0) is 11.0. The van der Waals surface area contributed by atoms with Crippen molar-refractivity contribution in [2.75, 3.05) is 0 Å². The fourth-order valence-electron chi connectivity index (χ4n) is 1.31. The van der Waals surface area contributed by atoms with Gasteiger partial charge in [-0.1, -0.05) is 6.92 Å². The number of hydrogen-bond donors (Lipinski definition) is 1. The molecule has 1 rings (SSSR count). The van der Waals surface area contributed by atoms with Crippen LogP contribution in [0.5, 0.6) is 0 Å². The number of nitrogens with one attached hydrogen (secondary N) is 1. The van der Waals surface area contributed by atoms with E-state index in [1.54, 1.807) is 20.8 Å². The predicted molar refractivity (Wildman–Crippen MR) is 51.9 cm³/mol. The topological polar surface area (TPSA) is 55.4 Å². The molecule has 0 heterocycles. The van der Waals surface area contributed by atoms with Crippen LogP contribution in [-0.2, 0) is 9.53 Å². The highest BCUT2D eigenvalue weighted by Gasteiger charge is 2.53. The summed E-state index contributed by atoms with van der Waals surface area (Å²) >= 11 is 0. The van der Waals surface area contributed by atoms with Crippen LogP contribution in [0.1, 0.15) is 34.1 Å². The SMILES string of the molecule is C[C@H]1C[C@@]1(C=O)NC(=O)OC(C)(C)C. The Kier molecular flexibility index (Phi) is 2.56. The maximum Gasteiger partial charge on any atom is 0.408 e. The first-order chi connectivity index (χ1) is 6.29. The number of alkyl carbamates (subject to hydrolysis) is 1. The molecule has 0 radical (unpaired) electrons. The molecule has 1 amide bonds. The van der Waals surface area contributed by atoms with Gasteiger partial charge in [0.25, 0.3) is 0 Å². The highest BCUT2D eigenvalue weighted by molar-refractivity contribution is 5.80. The Morgan fingerprint density at radius 1 is 1.57 bits per heavy atom. The van der Waals surface area contributed by atoms with E-state index in [2.05, 4.69) is 5.32 Å². The Balaban J connectivity index is 2.46. The molecule has 4 heteroatoms. The highest BCUT2D eigenvalue weighted by atomic mass is 16.6. The fraction of sp³-hybridized carbons (Fsp3) is 0.800. The molecule has 0 aromatic heterocycles. The smallest absolute Gasteiger partial charge is 0.408 e. The van der Waals surface area contributed by atoms with Gasteiger partial charge in [0.15, 0.2) is 0 Å². The van der Waals surface area contributed by atoms with Crippen molar-refractivity contribution in [3.8, 4) is 0 Å². The molecule has 1 aliphatic carbocycles. The van der Waals surface area contributed by atoms with Gasteiger partial charge >= 0.3 is 6.09 Å². The molecule has 80 valence electrons. The standard InChI is InChI=1S/C10H17NO3/c1-7-5-10(7,6-12)11-8(13)14-9(2,3)4/h6-7H,5H2,1-4H3,(H,11,13)/t7-,10-/m0/s1. The molecule has 14 heavy (non-hydrogen) atoms. The number of hydrogen-bond acceptors (Lipinski definition) is 3. The van der Waals surface area contributed by atoms with Gasteiger partial charge in [0.2, 0.25) is 0 Å². The van der Waals surface area contributed by atoms with Crippen molar-refractivity contribution in [3.63, 3.8) is 0 Å². The zero-order valence-corrected chi connectivity index (χ0v) is 9.09. The third-order valence-electron chi connectivity index (χ3n) is 2.31. The van der Waals surface area contributed by atoms with E-state index in [4.69, 9.17) is 4.74 Å². The Morgan fingerprint density at radius 3 is 2.36 bits per heavy atom. The molecule has 0 aromatic rings.